The highest BCUT2D eigenvalue weighted by Gasteiger charge is 2.12. The molecule has 3 nitrogen and oxygen atoms in total. The molecule has 2 rings (SSSR count). The van der Waals surface area contributed by atoms with E-state index in [4.69, 9.17) is 10.5 Å². The van der Waals surface area contributed by atoms with Crippen LogP contribution in [0.2, 0.25) is 0 Å². The molecule has 0 radical (unpaired) electrons. The molecule has 0 aromatic heterocycles. The summed E-state index contributed by atoms with van der Waals surface area (Å²) in [5.41, 5.74) is 11.0. The molecule has 3 heteroatoms. The van der Waals surface area contributed by atoms with Gasteiger partial charge >= 0.3 is 5.97 Å². The van der Waals surface area contributed by atoms with Crippen LogP contribution in [-0.2, 0) is 11.3 Å². The fourth-order valence-corrected chi connectivity index (χ4v) is 2.12. The van der Waals surface area contributed by atoms with Crippen molar-refractivity contribution < 1.29 is 9.53 Å². The van der Waals surface area contributed by atoms with Gasteiger partial charge in [-0.15, -0.1) is 0 Å². The Labute approximate surface area is 119 Å². The van der Waals surface area contributed by atoms with Crippen molar-refractivity contribution in [3.8, 4) is 0 Å². The smallest absolute Gasteiger partial charge is 0.338 e. The van der Waals surface area contributed by atoms with Crippen molar-refractivity contribution in [3.63, 3.8) is 0 Å². The van der Waals surface area contributed by atoms with Crippen molar-refractivity contribution in [1.29, 1.82) is 0 Å². The average Bonchev–Trinajstić information content (AvgIpc) is 2.40. The molecule has 0 unspecified atom stereocenters. The highest BCUT2D eigenvalue weighted by atomic mass is 16.5. The maximum absolute atomic E-state index is 12.1. The van der Waals surface area contributed by atoms with E-state index in [0.717, 1.165) is 22.3 Å². The highest BCUT2D eigenvalue weighted by Crippen LogP contribution is 2.19. The standard InChI is InChI=1S/C17H19NO2/c1-11-5-4-6-14(7-11)10-20-17(19)15-9-16(18)13(3)8-12(15)2/h4-9H,10,18H2,1-3H3. The number of rotatable bonds is 3. The van der Waals surface area contributed by atoms with Gasteiger partial charge in [-0.05, 0) is 43.5 Å². The molecule has 2 aromatic carbocycles. The normalized spacial score (nSPS) is 10.3. The molecule has 0 bridgehead atoms. The first-order chi connectivity index (χ1) is 9.47. The SMILES string of the molecule is Cc1cccc(COC(=O)c2cc(N)c(C)cc2C)c1. The second-order valence-corrected chi connectivity index (χ2v) is 5.09. The quantitative estimate of drug-likeness (QED) is 0.684. The first-order valence-corrected chi connectivity index (χ1v) is 6.57. The number of nitrogens with two attached hydrogens (primary N) is 1. The summed E-state index contributed by atoms with van der Waals surface area (Å²) in [4.78, 5) is 12.1. The number of esters is 1. The van der Waals surface area contributed by atoms with Crippen molar-refractivity contribution in [2.75, 3.05) is 5.73 Å². The van der Waals surface area contributed by atoms with Gasteiger partial charge in [-0.25, -0.2) is 4.79 Å². The predicted molar refractivity (Wildman–Crippen MR) is 80.6 cm³/mol. The minimum Gasteiger partial charge on any atom is -0.457 e. The fourth-order valence-electron chi connectivity index (χ4n) is 2.12. The number of hydrogen-bond donors (Lipinski definition) is 1. The molecule has 2 N–H and O–H groups in total. The minimum atomic E-state index is -0.337. The Hall–Kier alpha value is -2.29. The van der Waals surface area contributed by atoms with Crippen molar-refractivity contribution in [3.05, 3.63) is 64.2 Å². The first-order valence-electron chi connectivity index (χ1n) is 6.57. The molecule has 0 aliphatic rings. The zero-order valence-corrected chi connectivity index (χ0v) is 12.1. The van der Waals surface area contributed by atoms with Gasteiger partial charge in [-0.2, -0.15) is 0 Å². The zero-order valence-electron chi connectivity index (χ0n) is 12.1. The van der Waals surface area contributed by atoms with E-state index in [1.165, 1.54) is 0 Å². The number of anilines is 1. The third-order valence-corrected chi connectivity index (χ3v) is 3.29. The van der Waals surface area contributed by atoms with Gasteiger partial charge in [-0.1, -0.05) is 35.9 Å². The van der Waals surface area contributed by atoms with Crippen LogP contribution < -0.4 is 5.73 Å². The van der Waals surface area contributed by atoms with Gasteiger partial charge in [0.05, 0.1) is 5.56 Å². The number of nitrogen functional groups attached to an aromatic ring is 1. The lowest BCUT2D eigenvalue weighted by Gasteiger charge is -2.10. The van der Waals surface area contributed by atoms with Crippen LogP contribution in [0.4, 0.5) is 5.69 Å². The molecule has 0 atom stereocenters. The molecule has 20 heavy (non-hydrogen) atoms. The lowest BCUT2D eigenvalue weighted by Crippen LogP contribution is -2.08. The monoisotopic (exact) mass is 269 g/mol. The van der Waals surface area contributed by atoms with Crippen LogP contribution in [0.3, 0.4) is 0 Å². The van der Waals surface area contributed by atoms with Gasteiger partial charge in [0.15, 0.2) is 0 Å². The lowest BCUT2D eigenvalue weighted by atomic mass is 10.0. The Bertz CT molecular complexity index is 647. The van der Waals surface area contributed by atoms with E-state index in [2.05, 4.69) is 0 Å². The largest absolute Gasteiger partial charge is 0.457 e. The number of carbonyl (C=O) groups excluding carboxylic acids is 1. The Balaban J connectivity index is 2.11. The summed E-state index contributed by atoms with van der Waals surface area (Å²) in [7, 11) is 0. The summed E-state index contributed by atoms with van der Waals surface area (Å²) in [6.07, 6.45) is 0. The van der Waals surface area contributed by atoms with E-state index >= 15 is 0 Å². The van der Waals surface area contributed by atoms with Crippen molar-refractivity contribution >= 4 is 11.7 Å². The number of benzene rings is 2. The second kappa shape index (κ2) is 5.78. The summed E-state index contributed by atoms with van der Waals surface area (Å²) in [6.45, 7) is 6.09. The molecule has 0 heterocycles. The van der Waals surface area contributed by atoms with Crippen LogP contribution in [0.5, 0.6) is 0 Å². The molecule has 104 valence electrons. The van der Waals surface area contributed by atoms with Crippen LogP contribution in [0.25, 0.3) is 0 Å². The van der Waals surface area contributed by atoms with Gasteiger partial charge in [-0.3, -0.25) is 0 Å². The van der Waals surface area contributed by atoms with E-state index in [0.29, 0.717) is 11.3 Å². The van der Waals surface area contributed by atoms with Crippen molar-refractivity contribution in [2.24, 2.45) is 0 Å². The van der Waals surface area contributed by atoms with Gasteiger partial charge in [0, 0.05) is 5.69 Å². The maximum Gasteiger partial charge on any atom is 0.338 e. The van der Waals surface area contributed by atoms with E-state index in [9.17, 15) is 4.79 Å². The van der Waals surface area contributed by atoms with Crippen LogP contribution in [0, 0.1) is 20.8 Å². The highest BCUT2D eigenvalue weighted by molar-refractivity contribution is 5.92. The Morgan fingerprint density at radius 3 is 2.55 bits per heavy atom. The van der Waals surface area contributed by atoms with Crippen LogP contribution in [0.1, 0.15) is 32.6 Å². The van der Waals surface area contributed by atoms with E-state index in [-0.39, 0.29) is 12.6 Å². The van der Waals surface area contributed by atoms with Crippen LogP contribution in [0.15, 0.2) is 36.4 Å². The summed E-state index contributed by atoms with van der Waals surface area (Å²) < 4.78 is 5.35. The first kappa shape index (κ1) is 14.1. The Morgan fingerprint density at radius 1 is 1.10 bits per heavy atom. The average molecular weight is 269 g/mol. The molecule has 0 aliphatic heterocycles. The lowest BCUT2D eigenvalue weighted by molar-refractivity contribution is 0.0472. The van der Waals surface area contributed by atoms with Gasteiger partial charge < -0.3 is 10.5 Å². The molecular weight excluding hydrogens is 250 g/mol. The van der Waals surface area contributed by atoms with Crippen molar-refractivity contribution in [1.82, 2.24) is 0 Å². The summed E-state index contributed by atoms with van der Waals surface area (Å²) in [5.74, 6) is -0.337. The van der Waals surface area contributed by atoms with Crippen LogP contribution >= 0.6 is 0 Å². The summed E-state index contributed by atoms with van der Waals surface area (Å²) in [6, 6.07) is 11.5. The molecule has 0 fully saturated rings. The second-order valence-electron chi connectivity index (χ2n) is 5.09. The molecule has 0 aliphatic carbocycles. The molecule has 2 aromatic rings. The minimum absolute atomic E-state index is 0.272. The number of ether oxygens (including phenoxy) is 1. The van der Waals surface area contributed by atoms with Crippen LogP contribution in [-0.4, -0.2) is 5.97 Å². The van der Waals surface area contributed by atoms with E-state index in [1.807, 2.05) is 51.1 Å². The molecular formula is C17H19NO2. The summed E-state index contributed by atoms with van der Waals surface area (Å²) in [5, 5.41) is 0. The van der Waals surface area contributed by atoms with Gasteiger partial charge in [0.2, 0.25) is 0 Å². The third-order valence-electron chi connectivity index (χ3n) is 3.29. The predicted octanol–water partition coefficient (Wildman–Crippen LogP) is 3.55. The molecule has 0 saturated heterocycles. The molecule has 0 spiro atoms. The maximum atomic E-state index is 12.1. The van der Waals surface area contributed by atoms with E-state index < -0.39 is 0 Å². The fraction of sp³-hybridized carbons (Fsp3) is 0.235. The zero-order chi connectivity index (χ0) is 14.7. The number of carbonyl (C=O) groups is 1. The number of aryl methyl sites for hydroxylation is 3. The topological polar surface area (TPSA) is 52.3 Å². The number of hydrogen-bond acceptors (Lipinski definition) is 3. The Morgan fingerprint density at radius 2 is 1.85 bits per heavy atom. The van der Waals surface area contributed by atoms with Crippen molar-refractivity contribution in [2.45, 2.75) is 27.4 Å². The summed E-state index contributed by atoms with van der Waals surface area (Å²) >= 11 is 0. The molecule has 0 amide bonds. The Kier molecular flexibility index (Phi) is 4.08. The van der Waals surface area contributed by atoms with Gasteiger partial charge in [0.1, 0.15) is 6.61 Å². The van der Waals surface area contributed by atoms with E-state index in [1.54, 1.807) is 6.07 Å². The molecule has 0 saturated carbocycles. The third kappa shape index (κ3) is 3.18. The van der Waals surface area contributed by atoms with Gasteiger partial charge in [0.25, 0.3) is 0 Å².